The number of benzene rings is 1. The van der Waals surface area contributed by atoms with E-state index in [-0.39, 0.29) is 5.92 Å². The van der Waals surface area contributed by atoms with Crippen LogP contribution in [0.1, 0.15) is 50.7 Å². The van der Waals surface area contributed by atoms with E-state index in [0.717, 1.165) is 24.2 Å². The highest BCUT2D eigenvalue weighted by Crippen LogP contribution is 2.41. The van der Waals surface area contributed by atoms with Crippen LogP contribution < -0.4 is 15.2 Å². The highest BCUT2D eigenvalue weighted by Gasteiger charge is 2.27. The summed E-state index contributed by atoms with van der Waals surface area (Å²) in [5.74, 6) is 1.56. The molecule has 1 aromatic rings. The molecule has 0 saturated carbocycles. The van der Waals surface area contributed by atoms with Crippen LogP contribution in [0.2, 0.25) is 0 Å². The number of alkyl halides is 1. The van der Waals surface area contributed by atoms with Crippen molar-refractivity contribution < 1.29 is 13.9 Å². The molecule has 1 atom stereocenters. The van der Waals surface area contributed by atoms with Gasteiger partial charge in [-0.05, 0) is 56.0 Å². The Kier molecular flexibility index (Phi) is 4.53. The third kappa shape index (κ3) is 3.23. The first-order chi connectivity index (χ1) is 9.43. The van der Waals surface area contributed by atoms with Crippen molar-refractivity contribution in [3.05, 3.63) is 23.3 Å². The summed E-state index contributed by atoms with van der Waals surface area (Å²) < 4.78 is 25.9. The monoisotopic (exact) mass is 281 g/mol. The zero-order valence-electron chi connectivity index (χ0n) is 12.5. The molecular formula is C16H24FNO2. The molecule has 0 aliphatic carbocycles. The third-order valence-corrected chi connectivity index (χ3v) is 3.69. The molecule has 112 valence electrons. The quantitative estimate of drug-likeness (QED) is 0.918. The normalized spacial score (nSPS) is 16.6. The molecule has 0 fully saturated rings. The van der Waals surface area contributed by atoms with Gasteiger partial charge in [0.25, 0.3) is 0 Å². The lowest BCUT2D eigenvalue weighted by Gasteiger charge is -2.24. The minimum Gasteiger partial charge on any atom is -0.490 e. The van der Waals surface area contributed by atoms with E-state index in [9.17, 15) is 4.39 Å². The van der Waals surface area contributed by atoms with Crippen LogP contribution in [0.25, 0.3) is 0 Å². The molecule has 1 heterocycles. The Morgan fingerprint density at radius 1 is 1.25 bits per heavy atom. The van der Waals surface area contributed by atoms with Crippen molar-refractivity contribution in [3.63, 3.8) is 0 Å². The smallest absolute Gasteiger partial charge is 0.161 e. The summed E-state index contributed by atoms with van der Waals surface area (Å²) in [4.78, 5) is 0. The lowest BCUT2D eigenvalue weighted by molar-refractivity contribution is 0.217. The van der Waals surface area contributed by atoms with Gasteiger partial charge in [-0.1, -0.05) is 6.92 Å². The predicted octanol–water partition coefficient (Wildman–Crippen LogP) is 3.50. The summed E-state index contributed by atoms with van der Waals surface area (Å²) in [6, 6.07) is 3.72. The highest BCUT2D eigenvalue weighted by atomic mass is 19.1. The number of ether oxygens (including phenoxy) is 2. The summed E-state index contributed by atoms with van der Waals surface area (Å²) in [5, 5.41) is 0. The topological polar surface area (TPSA) is 44.5 Å². The fourth-order valence-corrected chi connectivity index (χ4v) is 2.55. The molecule has 0 bridgehead atoms. The molecule has 0 spiro atoms. The fourth-order valence-electron chi connectivity index (χ4n) is 2.55. The van der Waals surface area contributed by atoms with Crippen LogP contribution in [0.15, 0.2) is 12.1 Å². The molecule has 0 radical (unpaired) electrons. The maximum Gasteiger partial charge on any atom is 0.161 e. The highest BCUT2D eigenvalue weighted by molar-refractivity contribution is 5.50. The average molecular weight is 281 g/mol. The van der Waals surface area contributed by atoms with Crippen molar-refractivity contribution in [2.24, 2.45) is 5.73 Å². The minimum atomic E-state index is -1.41. The Morgan fingerprint density at radius 2 is 1.85 bits per heavy atom. The molecule has 1 aliphatic heterocycles. The molecule has 0 saturated heterocycles. The van der Waals surface area contributed by atoms with E-state index in [1.54, 1.807) is 19.9 Å². The molecule has 20 heavy (non-hydrogen) atoms. The molecule has 1 unspecified atom stereocenters. The van der Waals surface area contributed by atoms with Gasteiger partial charge in [0.2, 0.25) is 0 Å². The zero-order chi connectivity index (χ0) is 14.8. The molecule has 2 rings (SSSR count). The maximum atomic E-state index is 14.5. The predicted molar refractivity (Wildman–Crippen MR) is 78.3 cm³/mol. The van der Waals surface area contributed by atoms with Crippen molar-refractivity contribution >= 4 is 0 Å². The van der Waals surface area contributed by atoms with Crippen LogP contribution in [0.3, 0.4) is 0 Å². The average Bonchev–Trinajstić information content (AvgIpc) is 2.60. The second-order valence-corrected chi connectivity index (χ2v) is 5.89. The van der Waals surface area contributed by atoms with E-state index in [2.05, 4.69) is 6.92 Å². The van der Waals surface area contributed by atoms with Crippen molar-refractivity contribution in [2.45, 2.75) is 45.2 Å². The molecule has 3 nitrogen and oxygen atoms in total. The van der Waals surface area contributed by atoms with Crippen LogP contribution in [0.5, 0.6) is 11.5 Å². The van der Waals surface area contributed by atoms with Gasteiger partial charge in [0, 0.05) is 6.42 Å². The van der Waals surface area contributed by atoms with Crippen molar-refractivity contribution in [2.75, 3.05) is 19.8 Å². The fraction of sp³-hybridized carbons (Fsp3) is 0.625. The number of hydrogen-bond donors (Lipinski definition) is 1. The van der Waals surface area contributed by atoms with Gasteiger partial charge in [-0.2, -0.15) is 0 Å². The Balaban J connectivity index is 2.49. The van der Waals surface area contributed by atoms with Crippen LogP contribution >= 0.6 is 0 Å². The van der Waals surface area contributed by atoms with Gasteiger partial charge in [0.15, 0.2) is 11.5 Å². The summed E-state index contributed by atoms with van der Waals surface area (Å²) >= 11 is 0. The van der Waals surface area contributed by atoms with E-state index in [1.807, 2.05) is 6.07 Å². The molecule has 1 aromatic carbocycles. The molecule has 2 N–H and O–H groups in total. The first-order valence-electron chi connectivity index (χ1n) is 7.26. The van der Waals surface area contributed by atoms with Crippen LogP contribution in [0, 0.1) is 0 Å². The lowest BCUT2D eigenvalue weighted by Crippen LogP contribution is -2.16. The van der Waals surface area contributed by atoms with Gasteiger partial charge in [-0.3, -0.25) is 0 Å². The van der Waals surface area contributed by atoms with Gasteiger partial charge in [-0.25, -0.2) is 4.39 Å². The number of rotatable bonds is 4. The van der Waals surface area contributed by atoms with Crippen LogP contribution in [0.4, 0.5) is 4.39 Å². The van der Waals surface area contributed by atoms with Crippen LogP contribution in [-0.4, -0.2) is 19.8 Å². The number of halogens is 1. The van der Waals surface area contributed by atoms with Gasteiger partial charge in [-0.15, -0.1) is 0 Å². The Bertz CT molecular complexity index is 468. The molecule has 4 heteroatoms. The van der Waals surface area contributed by atoms with E-state index in [1.165, 1.54) is 0 Å². The summed E-state index contributed by atoms with van der Waals surface area (Å²) in [6.45, 7) is 7.05. The first kappa shape index (κ1) is 15.1. The summed E-state index contributed by atoms with van der Waals surface area (Å²) in [5.41, 5.74) is 5.86. The minimum absolute atomic E-state index is 0.196. The molecule has 1 aliphatic rings. The Labute approximate surface area is 120 Å². The largest absolute Gasteiger partial charge is 0.490 e. The van der Waals surface area contributed by atoms with Gasteiger partial charge >= 0.3 is 0 Å². The molecular weight excluding hydrogens is 257 g/mol. The zero-order valence-corrected chi connectivity index (χ0v) is 12.5. The maximum absolute atomic E-state index is 14.5. The van der Waals surface area contributed by atoms with E-state index in [0.29, 0.717) is 31.1 Å². The molecule has 0 amide bonds. The Morgan fingerprint density at radius 3 is 2.40 bits per heavy atom. The van der Waals surface area contributed by atoms with Gasteiger partial charge in [0.05, 0.1) is 13.2 Å². The van der Waals surface area contributed by atoms with E-state index in [4.69, 9.17) is 15.2 Å². The Hall–Kier alpha value is -1.29. The summed E-state index contributed by atoms with van der Waals surface area (Å²) in [6.07, 6.45) is 1.67. The molecule has 0 aromatic heterocycles. The number of nitrogens with two attached hydrogens (primary N) is 1. The van der Waals surface area contributed by atoms with E-state index < -0.39 is 5.67 Å². The second-order valence-electron chi connectivity index (χ2n) is 5.89. The number of fused-ring (bicyclic) bond motifs is 1. The van der Waals surface area contributed by atoms with Crippen molar-refractivity contribution in [3.8, 4) is 11.5 Å². The van der Waals surface area contributed by atoms with Gasteiger partial charge in [0.1, 0.15) is 5.67 Å². The third-order valence-electron chi connectivity index (χ3n) is 3.69. The van der Waals surface area contributed by atoms with Crippen molar-refractivity contribution in [1.82, 2.24) is 0 Å². The van der Waals surface area contributed by atoms with Gasteiger partial charge < -0.3 is 15.2 Å². The standard InChI is InChI=1S/C16H24FNO2/c1-11(5-6-18)12-9-14-15(20-8-4-7-19-14)10-13(12)16(2,3)17/h9-11H,4-8,18H2,1-3H3. The first-order valence-corrected chi connectivity index (χ1v) is 7.26. The van der Waals surface area contributed by atoms with E-state index >= 15 is 0 Å². The lowest BCUT2D eigenvalue weighted by atomic mass is 9.86. The number of hydrogen-bond acceptors (Lipinski definition) is 3. The van der Waals surface area contributed by atoms with Crippen molar-refractivity contribution in [1.29, 1.82) is 0 Å². The second kappa shape index (κ2) is 6.00. The summed E-state index contributed by atoms with van der Waals surface area (Å²) in [7, 11) is 0. The van der Waals surface area contributed by atoms with Crippen LogP contribution in [-0.2, 0) is 5.67 Å². The SMILES string of the molecule is CC(CCN)c1cc2c(cc1C(C)(C)F)OCCCO2.